The van der Waals surface area contributed by atoms with Crippen molar-refractivity contribution in [1.29, 1.82) is 0 Å². The smallest absolute Gasteiger partial charge is 0.243 e. The summed E-state index contributed by atoms with van der Waals surface area (Å²) >= 11 is 1.78. The highest BCUT2D eigenvalue weighted by Crippen LogP contribution is 2.46. The number of hydrogen-bond donors (Lipinski definition) is 1. The zero-order valence-corrected chi connectivity index (χ0v) is 15.1. The molecule has 1 unspecified atom stereocenters. The molecule has 2 heterocycles. The van der Waals surface area contributed by atoms with Gasteiger partial charge in [-0.2, -0.15) is 0 Å². The molecule has 2 aliphatic rings. The molecule has 2 amide bonds. The molecule has 24 heavy (non-hydrogen) atoms. The third kappa shape index (κ3) is 3.44. The summed E-state index contributed by atoms with van der Waals surface area (Å²) in [5.74, 6) is 0.644. The Balaban J connectivity index is 1.68. The molecule has 0 saturated carbocycles. The molecule has 0 aliphatic carbocycles. The average Bonchev–Trinajstić information content (AvgIpc) is 2.96. The van der Waals surface area contributed by atoms with Crippen LogP contribution in [0.15, 0.2) is 30.3 Å². The van der Waals surface area contributed by atoms with Gasteiger partial charge in [0.2, 0.25) is 11.8 Å². The van der Waals surface area contributed by atoms with Gasteiger partial charge >= 0.3 is 0 Å². The van der Waals surface area contributed by atoms with Crippen LogP contribution >= 0.6 is 11.8 Å². The highest BCUT2D eigenvalue weighted by Gasteiger charge is 2.51. The number of rotatable bonds is 3. The van der Waals surface area contributed by atoms with Gasteiger partial charge in [0.25, 0.3) is 0 Å². The third-order valence-corrected chi connectivity index (χ3v) is 6.61. The van der Waals surface area contributed by atoms with Crippen molar-refractivity contribution in [3.05, 3.63) is 35.9 Å². The van der Waals surface area contributed by atoms with Crippen molar-refractivity contribution in [3.8, 4) is 0 Å². The number of amides is 2. The number of nitrogens with one attached hydrogen (secondary N) is 1. The lowest BCUT2D eigenvalue weighted by Gasteiger charge is -2.44. The number of piperidine rings is 1. The molecule has 1 aromatic carbocycles. The van der Waals surface area contributed by atoms with E-state index in [0.29, 0.717) is 12.3 Å². The molecular weight excluding hydrogens is 322 g/mol. The maximum absolute atomic E-state index is 12.7. The Morgan fingerprint density at radius 2 is 1.92 bits per heavy atom. The molecule has 6 heteroatoms. The van der Waals surface area contributed by atoms with Crippen LogP contribution in [0.1, 0.15) is 25.3 Å². The van der Waals surface area contributed by atoms with Crippen LogP contribution in [0.2, 0.25) is 0 Å². The largest absolute Gasteiger partial charge is 0.350 e. The SMILES string of the molecule is CC(=O)N1C(C(=O)NCc2ccccc2)CSC12CCN(C)CC2. The molecule has 5 nitrogen and oxygen atoms in total. The fourth-order valence-corrected chi connectivity index (χ4v) is 5.25. The molecule has 0 radical (unpaired) electrons. The number of nitrogens with zero attached hydrogens (tertiary/aromatic N) is 2. The standard InChI is InChI=1S/C18H25N3O2S/c1-14(22)21-16(13-24-18(21)8-10-20(2)11-9-18)17(23)19-12-15-6-4-3-5-7-15/h3-7,16H,8-13H2,1-2H3,(H,19,23). The van der Waals surface area contributed by atoms with Gasteiger partial charge in [-0.25, -0.2) is 0 Å². The highest BCUT2D eigenvalue weighted by atomic mass is 32.2. The van der Waals surface area contributed by atoms with E-state index in [1.54, 1.807) is 18.7 Å². The van der Waals surface area contributed by atoms with Crippen LogP contribution in [0, 0.1) is 0 Å². The molecular formula is C18H25N3O2S. The highest BCUT2D eigenvalue weighted by molar-refractivity contribution is 8.01. The van der Waals surface area contributed by atoms with Crippen LogP contribution in [-0.2, 0) is 16.1 Å². The summed E-state index contributed by atoms with van der Waals surface area (Å²) in [7, 11) is 2.11. The summed E-state index contributed by atoms with van der Waals surface area (Å²) in [6.07, 6.45) is 1.85. The second-order valence-corrected chi connectivity index (χ2v) is 8.05. The van der Waals surface area contributed by atoms with Crippen LogP contribution in [0.3, 0.4) is 0 Å². The van der Waals surface area contributed by atoms with Crippen molar-refractivity contribution < 1.29 is 9.59 Å². The maximum atomic E-state index is 12.7. The Kier molecular flexibility index (Phi) is 5.15. The first kappa shape index (κ1) is 17.3. The minimum Gasteiger partial charge on any atom is -0.350 e. The van der Waals surface area contributed by atoms with E-state index in [2.05, 4.69) is 17.3 Å². The van der Waals surface area contributed by atoms with Crippen molar-refractivity contribution in [3.63, 3.8) is 0 Å². The Bertz CT molecular complexity index is 600. The monoisotopic (exact) mass is 347 g/mol. The van der Waals surface area contributed by atoms with E-state index in [4.69, 9.17) is 0 Å². The summed E-state index contributed by atoms with van der Waals surface area (Å²) in [6.45, 7) is 4.02. The van der Waals surface area contributed by atoms with E-state index in [-0.39, 0.29) is 22.7 Å². The van der Waals surface area contributed by atoms with Crippen LogP contribution in [-0.4, -0.2) is 58.4 Å². The van der Waals surface area contributed by atoms with Crippen LogP contribution in [0.25, 0.3) is 0 Å². The lowest BCUT2D eigenvalue weighted by Crippen LogP contribution is -2.57. The minimum atomic E-state index is -0.361. The van der Waals surface area contributed by atoms with Gasteiger partial charge in [0.1, 0.15) is 6.04 Å². The first-order chi connectivity index (χ1) is 11.5. The van der Waals surface area contributed by atoms with Crippen molar-refractivity contribution in [2.45, 2.75) is 37.2 Å². The molecule has 2 fully saturated rings. The molecule has 0 aromatic heterocycles. The topological polar surface area (TPSA) is 52.7 Å². The zero-order chi connectivity index (χ0) is 17.2. The van der Waals surface area contributed by atoms with Gasteiger partial charge in [0.05, 0.1) is 4.87 Å². The summed E-state index contributed by atoms with van der Waals surface area (Å²) in [5.41, 5.74) is 1.07. The maximum Gasteiger partial charge on any atom is 0.243 e. The number of benzene rings is 1. The molecule has 0 bridgehead atoms. The third-order valence-electron chi connectivity index (χ3n) is 4.98. The number of thioether (sulfide) groups is 1. The Morgan fingerprint density at radius 1 is 1.25 bits per heavy atom. The van der Waals surface area contributed by atoms with E-state index in [0.717, 1.165) is 31.5 Å². The van der Waals surface area contributed by atoms with Gasteiger partial charge < -0.3 is 15.1 Å². The van der Waals surface area contributed by atoms with Crippen molar-refractivity contribution in [2.24, 2.45) is 0 Å². The van der Waals surface area contributed by atoms with Gasteiger partial charge in [-0.15, -0.1) is 11.8 Å². The van der Waals surface area contributed by atoms with Crippen molar-refractivity contribution in [1.82, 2.24) is 15.1 Å². The first-order valence-corrected chi connectivity index (χ1v) is 9.44. The Labute approximate surface area is 147 Å². The summed E-state index contributed by atoms with van der Waals surface area (Å²) < 4.78 is 0. The van der Waals surface area contributed by atoms with E-state index in [1.165, 1.54) is 0 Å². The number of carbonyl (C=O) groups excluding carboxylic acids is 2. The van der Waals surface area contributed by atoms with Crippen LogP contribution in [0.5, 0.6) is 0 Å². The lowest BCUT2D eigenvalue weighted by atomic mass is 10.0. The molecule has 1 spiro atoms. The number of carbonyl (C=O) groups is 2. The molecule has 1 atom stereocenters. The predicted octanol–water partition coefficient (Wildman–Crippen LogP) is 1.69. The lowest BCUT2D eigenvalue weighted by molar-refractivity contribution is -0.142. The van der Waals surface area contributed by atoms with E-state index in [9.17, 15) is 9.59 Å². The quantitative estimate of drug-likeness (QED) is 0.904. The summed E-state index contributed by atoms with van der Waals surface area (Å²) in [5, 5.41) is 3.00. The number of likely N-dealkylation sites (tertiary alicyclic amines) is 1. The van der Waals surface area contributed by atoms with Gasteiger partial charge in [-0.1, -0.05) is 30.3 Å². The van der Waals surface area contributed by atoms with Gasteiger partial charge in [-0.05, 0) is 25.5 Å². The predicted molar refractivity (Wildman–Crippen MR) is 96.5 cm³/mol. The molecule has 3 rings (SSSR count). The normalized spacial score (nSPS) is 23.4. The van der Waals surface area contributed by atoms with Crippen LogP contribution in [0.4, 0.5) is 0 Å². The first-order valence-electron chi connectivity index (χ1n) is 8.46. The molecule has 1 aromatic rings. The molecule has 2 aliphatic heterocycles. The van der Waals surface area contributed by atoms with E-state index < -0.39 is 0 Å². The Morgan fingerprint density at radius 3 is 2.54 bits per heavy atom. The fourth-order valence-electron chi connectivity index (χ4n) is 3.62. The molecule has 1 N–H and O–H groups in total. The zero-order valence-electron chi connectivity index (χ0n) is 14.3. The average molecular weight is 347 g/mol. The summed E-state index contributed by atoms with van der Waals surface area (Å²) in [4.78, 5) is 28.9. The van der Waals surface area contributed by atoms with E-state index in [1.807, 2.05) is 35.2 Å². The molecule has 130 valence electrons. The van der Waals surface area contributed by atoms with Crippen LogP contribution < -0.4 is 5.32 Å². The van der Waals surface area contributed by atoms with E-state index >= 15 is 0 Å². The number of hydrogen-bond acceptors (Lipinski definition) is 4. The van der Waals surface area contributed by atoms with Gasteiger partial charge in [0, 0.05) is 32.3 Å². The fraction of sp³-hybridized carbons (Fsp3) is 0.556. The molecule has 2 saturated heterocycles. The second-order valence-electron chi connectivity index (χ2n) is 6.67. The van der Waals surface area contributed by atoms with Crippen molar-refractivity contribution in [2.75, 3.05) is 25.9 Å². The second kappa shape index (κ2) is 7.15. The van der Waals surface area contributed by atoms with Crippen molar-refractivity contribution >= 4 is 23.6 Å². The Hall–Kier alpha value is -1.53. The van der Waals surface area contributed by atoms with Gasteiger partial charge in [0.15, 0.2) is 0 Å². The summed E-state index contributed by atoms with van der Waals surface area (Å²) in [6, 6.07) is 9.50. The van der Waals surface area contributed by atoms with Gasteiger partial charge in [-0.3, -0.25) is 9.59 Å². The minimum absolute atomic E-state index is 0.00409.